The van der Waals surface area contributed by atoms with Crippen LogP contribution in [0.5, 0.6) is 5.75 Å². The van der Waals surface area contributed by atoms with Crippen molar-refractivity contribution in [3.05, 3.63) is 73.1 Å². The summed E-state index contributed by atoms with van der Waals surface area (Å²) in [6, 6.07) is 16.8. The minimum atomic E-state index is -3.66. The van der Waals surface area contributed by atoms with Crippen LogP contribution in [0.15, 0.2) is 82.8 Å². The van der Waals surface area contributed by atoms with Gasteiger partial charge < -0.3 is 19.9 Å². The number of ether oxygens (including phenoxy) is 2. The van der Waals surface area contributed by atoms with E-state index in [-0.39, 0.29) is 29.0 Å². The molecule has 1 aromatic heterocycles. The summed E-state index contributed by atoms with van der Waals surface area (Å²) in [5, 5.41) is 13.8. The number of nitrogens with one attached hydrogen (secondary N) is 2. The van der Waals surface area contributed by atoms with E-state index in [4.69, 9.17) is 9.47 Å². The predicted octanol–water partition coefficient (Wildman–Crippen LogP) is 2.00. The second kappa shape index (κ2) is 12.8. The molecule has 226 valence electrons. The molecule has 1 unspecified atom stereocenters. The molecule has 0 bridgehead atoms. The van der Waals surface area contributed by atoms with E-state index in [0.717, 1.165) is 17.5 Å². The lowest BCUT2D eigenvalue weighted by molar-refractivity contribution is -0.0312. The van der Waals surface area contributed by atoms with Gasteiger partial charge in [0.2, 0.25) is 20.0 Å². The quantitative estimate of drug-likeness (QED) is 0.294. The van der Waals surface area contributed by atoms with Gasteiger partial charge in [-0.1, -0.05) is 24.3 Å². The van der Waals surface area contributed by atoms with Gasteiger partial charge in [0, 0.05) is 49.7 Å². The monoisotopic (exact) mass is 616 g/mol. The third-order valence-electron chi connectivity index (χ3n) is 7.78. The molecule has 2 atom stereocenters. The molecule has 2 aromatic carbocycles. The van der Waals surface area contributed by atoms with E-state index in [1.807, 2.05) is 18.2 Å². The number of benzene rings is 2. The summed E-state index contributed by atoms with van der Waals surface area (Å²) >= 11 is 0. The summed E-state index contributed by atoms with van der Waals surface area (Å²) in [5.74, 6) is 0.346. The molecule has 0 amide bonds. The van der Waals surface area contributed by atoms with E-state index in [9.17, 15) is 21.9 Å². The summed E-state index contributed by atoms with van der Waals surface area (Å²) < 4.78 is 66.5. The Morgan fingerprint density at radius 2 is 1.79 bits per heavy atom. The van der Waals surface area contributed by atoms with Crippen LogP contribution in [-0.4, -0.2) is 88.9 Å². The molecule has 13 heteroatoms. The molecule has 2 fully saturated rings. The Kier molecular flexibility index (Phi) is 9.28. The van der Waals surface area contributed by atoms with Crippen molar-refractivity contribution in [3.8, 4) is 16.9 Å². The summed E-state index contributed by atoms with van der Waals surface area (Å²) in [4.78, 5) is 4.47. The lowest BCUT2D eigenvalue weighted by Gasteiger charge is -2.38. The smallest absolute Gasteiger partial charge is 0.243 e. The van der Waals surface area contributed by atoms with E-state index in [2.05, 4.69) is 15.0 Å². The van der Waals surface area contributed by atoms with E-state index in [0.29, 0.717) is 38.3 Å². The van der Waals surface area contributed by atoms with Crippen LogP contribution in [0.3, 0.4) is 0 Å². The van der Waals surface area contributed by atoms with Crippen molar-refractivity contribution >= 4 is 20.0 Å². The van der Waals surface area contributed by atoms with Crippen molar-refractivity contribution in [2.24, 2.45) is 0 Å². The number of hydrogen-bond acceptors (Lipinski definition) is 9. The molecule has 2 aliphatic rings. The average Bonchev–Trinajstić information content (AvgIpc) is 3.41. The second-order valence-electron chi connectivity index (χ2n) is 10.6. The van der Waals surface area contributed by atoms with Gasteiger partial charge in [-0.25, -0.2) is 21.6 Å². The van der Waals surface area contributed by atoms with Crippen LogP contribution >= 0.6 is 0 Å². The minimum absolute atomic E-state index is 0.0103. The molecule has 3 heterocycles. The maximum atomic E-state index is 13.4. The zero-order valence-electron chi connectivity index (χ0n) is 23.3. The largest absolute Gasteiger partial charge is 0.491 e. The van der Waals surface area contributed by atoms with Crippen LogP contribution in [0.25, 0.3) is 11.1 Å². The van der Waals surface area contributed by atoms with Gasteiger partial charge in [-0.15, -0.1) is 0 Å². The highest BCUT2D eigenvalue weighted by Crippen LogP contribution is 2.37. The first kappa shape index (κ1) is 30.5. The molecular formula is C29H36N4O7S2. The molecule has 3 N–H and O–H groups in total. The normalized spacial score (nSPS) is 20.0. The molecule has 2 saturated heterocycles. The van der Waals surface area contributed by atoms with Crippen molar-refractivity contribution in [3.63, 3.8) is 0 Å². The van der Waals surface area contributed by atoms with Crippen molar-refractivity contribution < 1.29 is 31.4 Å². The third kappa shape index (κ3) is 7.00. The number of piperidine rings is 1. The van der Waals surface area contributed by atoms with Crippen molar-refractivity contribution in [2.75, 3.05) is 39.9 Å². The highest BCUT2D eigenvalue weighted by molar-refractivity contribution is 7.89. The van der Waals surface area contributed by atoms with Crippen LogP contribution in [0.1, 0.15) is 19.3 Å². The number of rotatable bonds is 11. The van der Waals surface area contributed by atoms with Gasteiger partial charge in [-0.3, -0.25) is 4.98 Å². The first-order chi connectivity index (χ1) is 20.1. The first-order valence-electron chi connectivity index (χ1n) is 13.8. The fraction of sp³-hybridized carbons (Fsp3) is 0.414. The maximum Gasteiger partial charge on any atom is 0.243 e. The lowest BCUT2D eigenvalue weighted by Crippen LogP contribution is -2.47. The fourth-order valence-corrected chi connectivity index (χ4v) is 7.63. The van der Waals surface area contributed by atoms with Crippen LogP contribution in [0.2, 0.25) is 0 Å². The number of aromatic nitrogens is 1. The standard InChI is InChI=1S/C29H36N4O7S2/c1-30-41(35,36)27-8-3-7-26(16-27)39-21-25(34)19-32-24-17-29(40-20-24)10-13-33(14-11-29)42(37,38)28-9-2-5-22(15-28)23-6-4-12-31-18-23/h2-9,12,15-16,18,24-25,30,32,34H,10-11,13-14,17,19-21H2,1H3/t24?,25-/m0/s1. The Balaban J connectivity index is 1.10. The fourth-order valence-electron chi connectivity index (χ4n) is 5.38. The molecule has 3 aromatic rings. The van der Waals surface area contributed by atoms with Gasteiger partial charge in [-0.05, 0) is 62.2 Å². The third-order valence-corrected chi connectivity index (χ3v) is 11.1. The van der Waals surface area contributed by atoms with Crippen LogP contribution in [-0.2, 0) is 24.8 Å². The number of pyridine rings is 1. The van der Waals surface area contributed by atoms with Crippen LogP contribution in [0, 0.1) is 0 Å². The number of sulfonamides is 2. The summed E-state index contributed by atoms with van der Waals surface area (Å²) in [6.07, 6.45) is 4.46. The van der Waals surface area contributed by atoms with Gasteiger partial charge in [-0.2, -0.15) is 4.31 Å². The summed E-state index contributed by atoms with van der Waals surface area (Å²) in [7, 11) is -5.91. The van der Waals surface area contributed by atoms with Crippen molar-refractivity contribution in [1.29, 1.82) is 0 Å². The first-order valence-corrected chi connectivity index (χ1v) is 16.8. The molecule has 5 rings (SSSR count). The maximum absolute atomic E-state index is 13.4. The number of aliphatic hydroxyl groups is 1. The van der Waals surface area contributed by atoms with Crippen molar-refractivity contribution in [1.82, 2.24) is 19.3 Å². The SMILES string of the molecule is CNS(=O)(=O)c1cccc(OC[C@@H](O)CNC2COC3(CCN(S(=O)(=O)c4cccc(-c5cccnc5)c4)CC3)C2)c1. The van der Waals surface area contributed by atoms with E-state index >= 15 is 0 Å². The molecule has 0 aliphatic carbocycles. The minimum Gasteiger partial charge on any atom is -0.491 e. The molecule has 0 saturated carbocycles. The summed E-state index contributed by atoms with van der Waals surface area (Å²) in [5.41, 5.74) is 1.26. The number of aliphatic hydroxyl groups excluding tert-OH is 1. The zero-order valence-corrected chi connectivity index (χ0v) is 25.0. The highest BCUT2D eigenvalue weighted by Gasteiger charge is 2.44. The second-order valence-corrected chi connectivity index (χ2v) is 14.4. The van der Waals surface area contributed by atoms with E-state index < -0.39 is 31.8 Å². The number of nitrogens with zero attached hydrogens (tertiary/aromatic N) is 2. The van der Waals surface area contributed by atoms with Crippen LogP contribution in [0.4, 0.5) is 0 Å². The zero-order chi connectivity index (χ0) is 29.8. The van der Waals surface area contributed by atoms with Gasteiger partial charge in [0.25, 0.3) is 0 Å². The topological polar surface area (TPSA) is 147 Å². The molecule has 2 aliphatic heterocycles. The Morgan fingerprint density at radius 3 is 2.52 bits per heavy atom. The van der Waals surface area contributed by atoms with Crippen LogP contribution < -0.4 is 14.8 Å². The van der Waals surface area contributed by atoms with Gasteiger partial charge in [0.15, 0.2) is 0 Å². The van der Waals surface area contributed by atoms with E-state index in [1.54, 1.807) is 42.7 Å². The molecule has 11 nitrogen and oxygen atoms in total. The van der Waals surface area contributed by atoms with Crippen molar-refractivity contribution in [2.45, 2.75) is 46.8 Å². The Hall–Kier alpha value is -2.91. The Labute approximate surface area is 247 Å². The number of hydrogen-bond donors (Lipinski definition) is 3. The highest BCUT2D eigenvalue weighted by atomic mass is 32.2. The van der Waals surface area contributed by atoms with Gasteiger partial charge in [0.1, 0.15) is 18.5 Å². The molecule has 42 heavy (non-hydrogen) atoms. The van der Waals surface area contributed by atoms with E-state index in [1.165, 1.54) is 23.5 Å². The van der Waals surface area contributed by atoms with Gasteiger partial charge >= 0.3 is 0 Å². The predicted molar refractivity (Wildman–Crippen MR) is 157 cm³/mol. The lowest BCUT2D eigenvalue weighted by atomic mass is 9.88. The molecule has 0 radical (unpaired) electrons. The summed E-state index contributed by atoms with van der Waals surface area (Å²) in [6.45, 7) is 1.46. The average molecular weight is 617 g/mol. The molecule has 1 spiro atoms. The van der Waals surface area contributed by atoms with Gasteiger partial charge in [0.05, 0.1) is 22.0 Å². The Bertz CT molecular complexity index is 1580. The molecular weight excluding hydrogens is 580 g/mol. The Morgan fingerprint density at radius 1 is 1.05 bits per heavy atom.